The molecule has 1 aromatic carbocycles. The van der Waals surface area contributed by atoms with Gasteiger partial charge in [-0.2, -0.15) is 0 Å². The number of hydrogen-bond acceptors (Lipinski definition) is 5. The molecule has 2 aromatic heterocycles. The number of rotatable bonds is 5. The van der Waals surface area contributed by atoms with Gasteiger partial charge >= 0.3 is 0 Å². The van der Waals surface area contributed by atoms with E-state index in [0.717, 1.165) is 24.5 Å². The number of alkyl halides is 4. The van der Waals surface area contributed by atoms with Crippen molar-refractivity contribution in [3.63, 3.8) is 0 Å². The van der Waals surface area contributed by atoms with Crippen LogP contribution >= 0.6 is 0 Å². The molecule has 0 unspecified atom stereocenters. The molecule has 10 heteroatoms. The maximum atomic E-state index is 14.1. The van der Waals surface area contributed by atoms with Crippen LogP contribution in [0, 0.1) is 5.82 Å². The lowest BCUT2D eigenvalue weighted by Gasteiger charge is -2.09. The van der Waals surface area contributed by atoms with Crippen molar-refractivity contribution in [3.05, 3.63) is 53.9 Å². The Morgan fingerprint density at radius 1 is 0.960 bits per heavy atom. The summed E-state index contributed by atoms with van der Waals surface area (Å²) in [4.78, 5) is 7.03. The summed E-state index contributed by atoms with van der Waals surface area (Å²) in [5, 5.41) is 3.15. The molecule has 0 saturated carbocycles. The molecule has 0 aliphatic rings. The third-order valence-corrected chi connectivity index (χ3v) is 3.07. The second-order valence-corrected chi connectivity index (χ2v) is 4.71. The first-order chi connectivity index (χ1) is 12.0. The van der Waals surface area contributed by atoms with Gasteiger partial charge in [-0.05, 0) is 12.1 Å². The molecule has 5 nitrogen and oxygen atoms in total. The summed E-state index contributed by atoms with van der Waals surface area (Å²) in [6.45, 7) is 0. The lowest BCUT2D eigenvalue weighted by molar-refractivity contribution is 0.140. The highest BCUT2D eigenvalue weighted by molar-refractivity contribution is 5.67. The van der Waals surface area contributed by atoms with E-state index in [2.05, 4.69) is 15.1 Å². The summed E-state index contributed by atoms with van der Waals surface area (Å²) < 4.78 is 74.8. The first-order valence-electron chi connectivity index (χ1n) is 6.77. The first-order valence-corrected chi connectivity index (χ1v) is 6.77. The van der Waals surface area contributed by atoms with E-state index >= 15 is 0 Å². The molecule has 3 rings (SSSR count). The van der Waals surface area contributed by atoms with Crippen molar-refractivity contribution in [2.75, 3.05) is 0 Å². The predicted molar refractivity (Wildman–Crippen MR) is 73.9 cm³/mol. The van der Waals surface area contributed by atoms with Crippen molar-refractivity contribution in [2.24, 2.45) is 0 Å². The van der Waals surface area contributed by atoms with Crippen molar-refractivity contribution >= 4 is 0 Å². The molecule has 3 aromatic rings. The fourth-order valence-electron chi connectivity index (χ4n) is 1.98. The van der Waals surface area contributed by atoms with Crippen molar-refractivity contribution in [3.8, 4) is 23.0 Å². The van der Waals surface area contributed by atoms with Crippen molar-refractivity contribution in [1.82, 2.24) is 15.1 Å². The van der Waals surface area contributed by atoms with Crippen LogP contribution in [0.5, 0.6) is 11.6 Å². The highest BCUT2D eigenvalue weighted by atomic mass is 19.3. The summed E-state index contributed by atoms with van der Waals surface area (Å²) in [5.41, 5.74) is -1.55. The van der Waals surface area contributed by atoms with E-state index in [0.29, 0.717) is 0 Å². The van der Waals surface area contributed by atoms with E-state index in [1.54, 1.807) is 0 Å². The normalized spacial score (nSPS) is 11.3. The molecular formula is C15H8F5N3O2. The fraction of sp³-hybridized carbons (Fsp3) is 0.133. The van der Waals surface area contributed by atoms with E-state index in [1.165, 1.54) is 12.1 Å². The monoisotopic (exact) mass is 357 g/mol. The maximum absolute atomic E-state index is 14.1. The van der Waals surface area contributed by atoms with E-state index < -0.39 is 30.1 Å². The predicted octanol–water partition coefficient (Wildman–Crippen LogP) is 4.94. The molecule has 25 heavy (non-hydrogen) atoms. The standard InChI is InChI=1S/C15H8F5N3O2/c16-7-2-1-3-10(13(7)11-4-9(15(19)20)23-25-11)24-12-5-8(14(17)18)21-6-22-12/h1-6,14-15H. The topological polar surface area (TPSA) is 61.0 Å². The molecule has 0 fully saturated rings. The minimum absolute atomic E-state index is 0.170. The summed E-state index contributed by atoms with van der Waals surface area (Å²) >= 11 is 0. The van der Waals surface area contributed by atoms with E-state index in [1.807, 2.05) is 0 Å². The first kappa shape index (κ1) is 16.8. The Morgan fingerprint density at radius 3 is 2.40 bits per heavy atom. The van der Waals surface area contributed by atoms with Crippen molar-refractivity contribution in [2.45, 2.75) is 12.9 Å². The van der Waals surface area contributed by atoms with Crippen LogP contribution in [-0.2, 0) is 0 Å². The Hall–Kier alpha value is -3.04. The number of halogens is 5. The zero-order valence-electron chi connectivity index (χ0n) is 12.2. The average Bonchev–Trinajstić information content (AvgIpc) is 3.05. The van der Waals surface area contributed by atoms with Crippen LogP contribution in [0.15, 0.2) is 41.2 Å². The molecule has 2 heterocycles. The van der Waals surface area contributed by atoms with E-state index in [4.69, 9.17) is 9.26 Å². The van der Waals surface area contributed by atoms with Crippen LogP contribution in [0.25, 0.3) is 11.3 Å². The number of benzene rings is 1. The lowest BCUT2D eigenvalue weighted by atomic mass is 10.1. The summed E-state index contributed by atoms with van der Waals surface area (Å²) in [7, 11) is 0. The minimum Gasteiger partial charge on any atom is -0.438 e. The molecule has 0 saturated heterocycles. The van der Waals surface area contributed by atoms with Gasteiger partial charge in [0.25, 0.3) is 12.9 Å². The van der Waals surface area contributed by atoms with Crippen LogP contribution < -0.4 is 4.74 Å². The molecule has 0 aliphatic carbocycles. The zero-order valence-corrected chi connectivity index (χ0v) is 12.2. The molecule has 130 valence electrons. The number of hydrogen-bond donors (Lipinski definition) is 0. The van der Waals surface area contributed by atoms with Crippen LogP contribution in [0.3, 0.4) is 0 Å². The van der Waals surface area contributed by atoms with E-state index in [9.17, 15) is 22.0 Å². The third kappa shape index (κ3) is 3.57. The van der Waals surface area contributed by atoms with Crippen molar-refractivity contribution in [1.29, 1.82) is 0 Å². The van der Waals surface area contributed by atoms with Crippen LogP contribution in [-0.4, -0.2) is 15.1 Å². The Labute approximate surface area is 137 Å². The van der Waals surface area contributed by atoms with E-state index in [-0.39, 0.29) is 23.0 Å². The van der Waals surface area contributed by atoms with Crippen molar-refractivity contribution < 1.29 is 31.2 Å². The number of nitrogens with zero attached hydrogens (tertiary/aromatic N) is 3. The molecule has 0 atom stereocenters. The highest BCUT2D eigenvalue weighted by Gasteiger charge is 2.21. The Bertz CT molecular complexity index is 885. The average molecular weight is 357 g/mol. The van der Waals surface area contributed by atoms with Gasteiger partial charge in [0, 0.05) is 12.1 Å². The second kappa shape index (κ2) is 6.83. The van der Waals surface area contributed by atoms with Crippen LogP contribution in [0.1, 0.15) is 24.2 Å². The maximum Gasteiger partial charge on any atom is 0.283 e. The Kier molecular flexibility index (Phi) is 4.59. The molecule has 0 radical (unpaired) electrons. The molecule has 0 N–H and O–H groups in total. The number of aromatic nitrogens is 3. The minimum atomic E-state index is -2.90. The van der Waals surface area contributed by atoms with Crippen LogP contribution in [0.2, 0.25) is 0 Å². The van der Waals surface area contributed by atoms with Crippen LogP contribution in [0.4, 0.5) is 22.0 Å². The van der Waals surface area contributed by atoms with Gasteiger partial charge in [-0.3, -0.25) is 0 Å². The van der Waals surface area contributed by atoms with Gasteiger partial charge in [-0.1, -0.05) is 11.2 Å². The summed E-state index contributed by atoms with van der Waals surface area (Å²) in [6, 6.07) is 5.38. The van der Waals surface area contributed by atoms with Gasteiger partial charge in [0.15, 0.2) is 5.76 Å². The molecule has 0 bridgehead atoms. The largest absolute Gasteiger partial charge is 0.438 e. The number of ether oxygens (including phenoxy) is 1. The molecular weight excluding hydrogens is 349 g/mol. The summed E-state index contributed by atoms with van der Waals surface area (Å²) in [6.07, 6.45) is -4.89. The Balaban J connectivity index is 2.00. The second-order valence-electron chi connectivity index (χ2n) is 4.71. The third-order valence-electron chi connectivity index (χ3n) is 3.07. The fourth-order valence-corrected chi connectivity index (χ4v) is 1.98. The zero-order chi connectivity index (χ0) is 18.0. The SMILES string of the molecule is Fc1cccc(Oc2cc(C(F)F)ncn2)c1-c1cc(C(F)F)no1. The van der Waals surface area contributed by atoms with Gasteiger partial charge in [0.2, 0.25) is 5.88 Å². The summed E-state index contributed by atoms with van der Waals surface area (Å²) in [5.74, 6) is -1.58. The quantitative estimate of drug-likeness (QED) is 0.606. The van der Waals surface area contributed by atoms with Gasteiger partial charge < -0.3 is 9.26 Å². The van der Waals surface area contributed by atoms with Gasteiger partial charge in [0.1, 0.15) is 29.3 Å². The smallest absolute Gasteiger partial charge is 0.283 e. The molecule has 0 aliphatic heterocycles. The lowest BCUT2D eigenvalue weighted by Crippen LogP contribution is -1.96. The van der Waals surface area contributed by atoms with Gasteiger partial charge in [0.05, 0.1) is 5.56 Å². The highest BCUT2D eigenvalue weighted by Crippen LogP contribution is 2.36. The van der Waals surface area contributed by atoms with Gasteiger partial charge in [-0.15, -0.1) is 0 Å². The molecule has 0 amide bonds. The Morgan fingerprint density at radius 2 is 1.72 bits per heavy atom. The van der Waals surface area contributed by atoms with Gasteiger partial charge in [-0.25, -0.2) is 31.9 Å². The molecule has 0 spiro atoms.